The van der Waals surface area contributed by atoms with E-state index in [0.29, 0.717) is 5.57 Å². The Bertz CT molecular complexity index is 222. The van der Waals surface area contributed by atoms with Crippen molar-refractivity contribution in [2.45, 2.75) is 47.5 Å². The monoisotopic (exact) mass is 198 g/mol. The minimum absolute atomic E-state index is 0.0355. The van der Waals surface area contributed by atoms with Crippen molar-refractivity contribution in [2.75, 3.05) is 0 Å². The van der Waals surface area contributed by atoms with Crippen molar-refractivity contribution in [3.63, 3.8) is 0 Å². The number of allylic oxidation sites excluding steroid dienone is 2. The van der Waals surface area contributed by atoms with Gasteiger partial charge in [-0.25, -0.2) is 0 Å². The standard InChI is InChI=1S/C12H22O2/c1-6-10(7-2)12(14)9(5)11(13)8(3)4/h8,10,13H,6-7H2,1-5H3/b11-9-. The highest BCUT2D eigenvalue weighted by Crippen LogP contribution is 2.19. The minimum atomic E-state index is 0.0355. The van der Waals surface area contributed by atoms with Gasteiger partial charge in [0, 0.05) is 17.4 Å². The average Bonchev–Trinajstić information content (AvgIpc) is 2.17. The number of rotatable bonds is 5. The molecule has 0 fully saturated rings. The number of aliphatic hydroxyl groups is 1. The number of hydrogen-bond acceptors (Lipinski definition) is 2. The molecule has 2 heteroatoms. The molecule has 82 valence electrons. The molecular weight excluding hydrogens is 176 g/mol. The summed E-state index contributed by atoms with van der Waals surface area (Å²) in [7, 11) is 0. The van der Waals surface area contributed by atoms with Gasteiger partial charge in [-0.15, -0.1) is 0 Å². The third kappa shape index (κ3) is 3.17. The highest BCUT2D eigenvalue weighted by molar-refractivity contribution is 5.96. The van der Waals surface area contributed by atoms with E-state index in [1.165, 1.54) is 0 Å². The molecule has 0 aromatic carbocycles. The van der Waals surface area contributed by atoms with Gasteiger partial charge in [-0.1, -0.05) is 27.7 Å². The Morgan fingerprint density at radius 3 is 1.93 bits per heavy atom. The fraction of sp³-hybridized carbons (Fsp3) is 0.750. The van der Waals surface area contributed by atoms with E-state index in [9.17, 15) is 9.90 Å². The molecular formula is C12H22O2. The fourth-order valence-corrected chi connectivity index (χ4v) is 1.52. The fourth-order valence-electron chi connectivity index (χ4n) is 1.52. The summed E-state index contributed by atoms with van der Waals surface area (Å²) < 4.78 is 0. The Labute approximate surface area is 87.0 Å². The van der Waals surface area contributed by atoms with Crippen LogP contribution >= 0.6 is 0 Å². The third-order valence-corrected chi connectivity index (χ3v) is 2.66. The van der Waals surface area contributed by atoms with E-state index in [0.717, 1.165) is 12.8 Å². The lowest BCUT2D eigenvalue weighted by molar-refractivity contribution is -0.119. The van der Waals surface area contributed by atoms with Gasteiger partial charge in [-0.3, -0.25) is 4.79 Å². The van der Waals surface area contributed by atoms with Crippen molar-refractivity contribution in [3.05, 3.63) is 11.3 Å². The largest absolute Gasteiger partial charge is 0.512 e. The lowest BCUT2D eigenvalue weighted by Gasteiger charge is -2.14. The van der Waals surface area contributed by atoms with Gasteiger partial charge in [0.15, 0.2) is 5.78 Å². The van der Waals surface area contributed by atoms with Crippen LogP contribution in [-0.4, -0.2) is 10.9 Å². The van der Waals surface area contributed by atoms with Crippen LogP contribution in [0.25, 0.3) is 0 Å². The third-order valence-electron chi connectivity index (χ3n) is 2.66. The molecule has 0 unspecified atom stereocenters. The van der Waals surface area contributed by atoms with Gasteiger partial charge in [0.2, 0.25) is 0 Å². The smallest absolute Gasteiger partial charge is 0.164 e. The second-order valence-corrected chi connectivity index (χ2v) is 4.04. The number of Topliss-reactive ketones (excluding diaryl/α,β-unsaturated/α-hetero) is 1. The van der Waals surface area contributed by atoms with Crippen LogP contribution in [0.1, 0.15) is 47.5 Å². The Hall–Kier alpha value is -0.790. The van der Waals surface area contributed by atoms with Gasteiger partial charge in [0.1, 0.15) is 5.76 Å². The summed E-state index contributed by atoms with van der Waals surface area (Å²) >= 11 is 0. The van der Waals surface area contributed by atoms with Crippen LogP contribution in [0.4, 0.5) is 0 Å². The molecule has 0 bridgehead atoms. The van der Waals surface area contributed by atoms with Crippen LogP contribution in [-0.2, 0) is 4.79 Å². The molecule has 0 saturated heterocycles. The van der Waals surface area contributed by atoms with Gasteiger partial charge >= 0.3 is 0 Å². The average molecular weight is 198 g/mol. The minimum Gasteiger partial charge on any atom is -0.512 e. The molecule has 0 aliphatic carbocycles. The van der Waals surface area contributed by atoms with Crippen LogP contribution in [0.2, 0.25) is 0 Å². The summed E-state index contributed by atoms with van der Waals surface area (Å²) in [4.78, 5) is 11.8. The van der Waals surface area contributed by atoms with Crippen molar-refractivity contribution in [2.24, 2.45) is 11.8 Å². The van der Waals surface area contributed by atoms with Gasteiger partial charge < -0.3 is 5.11 Å². The maximum Gasteiger partial charge on any atom is 0.164 e. The molecule has 0 atom stereocenters. The van der Waals surface area contributed by atoms with Gasteiger partial charge in [-0.2, -0.15) is 0 Å². The molecule has 0 amide bonds. The summed E-state index contributed by atoms with van der Waals surface area (Å²) in [5, 5.41) is 9.66. The van der Waals surface area contributed by atoms with Gasteiger partial charge in [-0.05, 0) is 19.8 Å². The lowest BCUT2D eigenvalue weighted by atomic mass is 9.91. The number of hydrogen-bond donors (Lipinski definition) is 1. The van der Waals surface area contributed by atoms with Crippen molar-refractivity contribution in [1.29, 1.82) is 0 Å². The van der Waals surface area contributed by atoms with E-state index in [1.54, 1.807) is 6.92 Å². The summed E-state index contributed by atoms with van der Waals surface area (Å²) in [6, 6.07) is 0. The Kier molecular flexibility index (Phi) is 5.51. The normalized spacial score (nSPS) is 13.4. The van der Waals surface area contributed by atoms with Crippen molar-refractivity contribution >= 4 is 5.78 Å². The van der Waals surface area contributed by atoms with Crippen molar-refractivity contribution in [3.8, 4) is 0 Å². The van der Waals surface area contributed by atoms with Crippen LogP contribution in [0.15, 0.2) is 11.3 Å². The zero-order chi connectivity index (χ0) is 11.3. The molecule has 0 aromatic heterocycles. The maximum atomic E-state index is 11.8. The molecule has 0 rings (SSSR count). The number of carbonyl (C=O) groups excluding carboxylic acids is 1. The number of aliphatic hydroxyl groups excluding tert-OH is 1. The summed E-state index contributed by atoms with van der Waals surface area (Å²) in [5.41, 5.74) is 0.536. The zero-order valence-electron chi connectivity index (χ0n) is 9.92. The maximum absolute atomic E-state index is 11.8. The molecule has 14 heavy (non-hydrogen) atoms. The summed E-state index contributed by atoms with van der Waals surface area (Å²) in [6.07, 6.45) is 1.69. The predicted molar refractivity (Wildman–Crippen MR) is 59.2 cm³/mol. The predicted octanol–water partition coefficient (Wildman–Crippen LogP) is 3.48. The SMILES string of the molecule is CCC(CC)C(=O)/C(C)=C(\O)C(C)C. The van der Waals surface area contributed by atoms with Crippen LogP contribution in [0.5, 0.6) is 0 Å². The first-order valence-corrected chi connectivity index (χ1v) is 5.39. The van der Waals surface area contributed by atoms with Gasteiger partial charge in [0.25, 0.3) is 0 Å². The summed E-state index contributed by atoms with van der Waals surface area (Å²) in [5.74, 6) is 0.437. The van der Waals surface area contributed by atoms with Crippen molar-refractivity contribution < 1.29 is 9.90 Å². The summed E-state index contributed by atoms with van der Waals surface area (Å²) in [6.45, 7) is 9.51. The van der Waals surface area contributed by atoms with Crippen LogP contribution < -0.4 is 0 Å². The van der Waals surface area contributed by atoms with E-state index in [2.05, 4.69) is 0 Å². The van der Waals surface area contributed by atoms with Crippen molar-refractivity contribution in [1.82, 2.24) is 0 Å². The second kappa shape index (κ2) is 5.84. The highest BCUT2D eigenvalue weighted by atomic mass is 16.3. The molecule has 0 heterocycles. The molecule has 0 saturated carbocycles. The molecule has 0 radical (unpaired) electrons. The number of carbonyl (C=O) groups is 1. The molecule has 0 spiro atoms. The first-order chi connectivity index (χ1) is 6.45. The quantitative estimate of drug-likeness (QED) is 0.542. The van der Waals surface area contributed by atoms with E-state index in [-0.39, 0.29) is 23.4 Å². The topological polar surface area (TPSA) is 37.3 Å². The first kappa shape index (κ1) is 13.2. The zero-order valence-corrected chi connectivity index (χ0v) is 9.92. The van der Waals surface area contributed by atoms with E-state index < -0.39 is 0 Å². The Morgan fingerprint density at radius 1 is 1.21 bits per heavy atom. The molecule has 2 nitrogen and oxygen atoms in total. The Balaban J connectivity index is 4.76. The Morgan fingerprint density at radius 2 is 1.64 bits per heavy atom. The molecule has 0 aromatic rings. The molecule has 0 aliphatic heterocycles. The van der Waals surface area contributed by atoms with E-state index in [4.69, 9.17) is 0 Å². The van der Waals surface area contributed by atoms with E-state index in [1.807, 2.05) is 27.7 Å². The van der Waals surface area contributed by atoms with E-state index >= 15 is 0 Å². The molecule has 0 aliphatic rings. The van der Waals surface area contributed by atoms with Crippen LogP contribution in [0.3, 0.4) is 0 Å². The first-order valence-electron chi connectivity index (χ1n) is 5.39. The van der Waals surface area contributed by atoms with Gasteiger partial charge in [0.05, 0.1) is 0 Å². The highest BCUT2D eigenvalue weighted by Gasteiger charge is 2.19. The number of ketones is 1. The molecule has 1 N–H and O–H groups in total. The van der Waals surface area contributed by atoms with Crippen LogP contribution in [0, 0.1) is 11.8 Å². The lowest BCUT2D eigenvalue weighted by Crippen LogP contribution is -2.16. The second-order valence-electron chi connectivity index (χ2n) is 4.04.